The maximum Gasteiger partial charge on any atom is 0.318 e. The number of rotatable bonds is 6. The molecule has 5 heteroatoms. The van der Waals surface area contributed by atoms with Gasteiger partial charge >= 0.3 is 6.03 Å². The number of hydrogen-bond acceptors (Lipinski definition) is 3. The van der Waals surface area contributed by atoms with E-state index in [9.17, 15) is 4.79 Å². The van der Waals surface area contributed by atoms with E-state index in [1.165, 1.54) is 12.8 Å². The highest BCUT2D eigenvalue weighted by atomic mass is 32.1. The van der Waals surface area contributed by atoms with E-state index < -0.39 is 0 Å². The number of carbonyl (C=O) groups excluding carboxylic acids is 1. The smallest absolute Gasteiger partial charge is 0.318 e. The second-order valence-corrected chi connectivity index (χ2v) is 7.68. The van der Waals surface area contributed by atoms with Gasteiger partial charge in [-0.3, -0.25) is 0 Å². The van der Waals surface area contributed by atoms with Crippen molar-refractivity contribution < 1.29 is 4.79 Å². The van der Waals surface area contributed by atoms with Gasteiger partial charge in [0.1, 0.15) is 5.01 Å². The van der Waals surface area contributed by atoms with Crippen LogP contribution in [-0.4, -0.2) is 28.0 Å². The van der Waals surface area contributed by atoms with E-state index in [1.54, 1.807) is 11.3 Å². The molecule has 0 radical (unpaired) electrons. The van der Waals surface area contributed by atoms with Crippen LogP contribution in [0.3, 0.4) is 0 Å². The molecule has 2 aliphatic rings. The molecule has 2 atom stereocenters. The molecule has 0 aromatic carbocycles. The number of hydrogen-bond donors (Lipinski definition) is 1. The van der Waals surface area contributed by atoms with E-state index in [4.69, 9.17) is 0 Å². The first-order valence-corrected chi connectivity index (χ1v) is 8.94. The van der Waals surface area contributed by atoms with Crippen molar-refractivity contribution in [3.8, 4) is 0 Å². The molecule has 3 rings (SSSR count). The van der Waals surface area contributed by atoms with Crippen molar-refractivity contribution in [3.05, 3.63) is 16.6 Å². The zero-order valence-electron chi connectivity index (χ0n) is 13.1. The molecule has 0 bridgehead atoms. The number of amides is 2. The van der Waals surface area contributed by atoms with Crippen molar-refractivity contribution in [2.45, 2.75) is 64.6 Å². The molecule has 116 valence electrons. The van der Waals surface area contributed by atoms with Crippen LogP contribution in [-0.2, 0) is 0 Å². The molecule has 0 saturated heterocycles. The lowest BCUT2D eigenvalue weighted by Gasteiger charge is -2.33. The Morgan fingerprint density at radius 2 is 2.05 bits per heavy atom. The number of aromatic nitrogens is 1. The Hall–Kier alpha value is -1.10. The maximum absolute atomic E-state index is 12.8. The van der Waals surface area contributed by atoms with Crippen LogP contribution in [0.25, 0.3) is 0 Å². The summed E-state index contributed by atoms with van der Waals surface area (Å²) in [6.45, 7) is 6.54. The lowest BCUT2D eigenvalue weighted by atomic mass is 10.0. The van der Waals surface area contributed by atoms with Crippen molar-refractivity contribution in [1.29, 1.82) is 0 Å². The van der Waals surface area contributed by atoms with Crippen molar-refractivity contribution >= 4 is 17.4 Å². The van der Waals surface area contributed by atoms with Crippen molar-refractivity contribution in [2.24, 2.45) is 11.8 Å². The summed E-state index contributed by atoms with van der Waals surface area (Å²) < 4.78 is 0. The highest BCUT2D eigenvalue weighted by Crippen LogP contribution is 2.42. The van der Waals surface area contributed by atoms with Gasteiger partial charge < -0.3 is 10.2 Å². The predicted octanol–water partition coefficient (Wildman–Crippen LogP) is 3.81. The van der Waals surface area contributed by atoms with E-state index in [0.29, 0.717) is 17.9 Å². The molecule has 2 amide bonds. The van der Waals surface area contributed by atoms with Crippen LogP contribution in [0.2, 0.25) is 0 Å². The molecule has 0 aliphatic heterocycles. The van der Waals surface area contributed by atoms with Crippen molar-refractivity contribution in [1.82, 2.24) is 15.2 Å². The molecule has 21 heavy (non-hydrogen) atoms. The van der Waals surface area contributed by atoms with E-state index in [1.807, 2.05) is 11.6 Å². The van der Waals surface area contributed by atoms with Crippen molar-refractivity contribution in [3.63, 3.8) is 0 Å². The van der Waals surface area contributed by atoms with E-state index in [0.717, 1.165) is 17.8 Å². The van der Waals surface area contributed by atoms with Gasteiger partial charge in [0.2, 0.25) is 0 Å². The van der Waals surface area contributed by atoms with Gasteiger partial charge in [0.15, 0.2) is 0 Å². The zero-order chi connectivity index (χ0) is 15.0. The van der Waals surface area contributed by atoms with Crippen LogP contribution in [0.5, 0.6) is 0 Å². The molecule has 0 spiro atoms. The third-order valence-corrected chi connectivity index (χ3v) is 5.53. The third-order valence-electron chi connectivity index (χ3n) is 4.67. The molecule has 0 unspecified atom stereocenters. The molecular weight excluding hydrogens is 282 g/mol. The Bertz CT molecular complexity index is 480. The Morgan fingerprint density at radius 3 is 2.52 bits per heavy atom. The summed E-state index contributed by atoms with van der Waals surface area (Å²) >= 11 is 1.65. The van der Waals surface area contributed by atoms with Crippen LogP contribution < -0.4 is 5.32 Å². The van der Waals surface area contributed by atoms with Gasteiger partial charge in [-0.2, -0.15) is 0 Å². The number of nitrogens with one attached hydrogen (secondary N) is 1. The second kappa shape index (κ2) is 5.95. The summed E-state index contributed by atoms with van der Waals surface area (Å²) in [5, 5.41) is 6.32. The lowest BCUT2D eigenvalue weighted by molar-refractivity contribution is 0.152. The monoisotopic (exact) mass is 307 g/mol. The van der Waals surface area contributed by atoms with Crippen LogP contribution in [0.15, 0.2) is 11.6 Å². The van der Waals surface area contributed by atoms with Gasteiger partial charge in [0.25, 0.3) is 0 Å². The molecule has 1 N–H and O–H groups in total. The Labute approximate surface area is 130 Å². The van der Waals surface area contributed by atoms with Crippen LogP contribution >= 0.6 is 11.3 Å². The largest absolute Gasteiger partial charge is 0.328 e. The predicted molar refractivity (Wildman–Crippen MR) is 85.3 cm³/mol. The van der Waals surface area contributed by atoms with Crippen molar-refractivity contribution in [2.75, 3.05) is 0 Å². The number of nitrogens with zero attached hydrogens (tertiary/aromatic N) is 2. The summed E-state index contributed by atoms with van der Waals surface area (Å²) in [4.78, 5) is 19.3. The van der Waals surface area contributed by atoms with E-state index >= 15 is 0 Å². The van der Waals surface area contributed by atoms with Gasteiger partial charge in [-0.15, -0.1) is 11.3 Å². The number of thiazole rings is 1. The first-order valence-electron chi connectivity index (χ1n) is 8.06. The molecule has 2 fully saturated rings. The Balaban J connectivity index is 1.70. The van der Waals surface area contributed by atoms with Gasteiger partial charge in [0, 0.05) is 23.7 Å². The standard InChI is InChI=1S/C16H25N3OS/c1-10(2)11(3)19(13-6-7-13)16(20)18-14(12-4-5-12)15-17-8-9-21-15/h8-14H,4-7H2,1-3H3,(H,18,20)/t11-,14+/m1/s1. The summed E-state index contributed by atoms with van der Waals surface area (Å²) in [7, 11) is 0. The third kappa shape index (κ3) is 3.39. The van der Waals surface area contributed by atoms with Crippen LogP contribution in [0.4, 0.5) is 4.79 Å². The topological polar surface area (TPSA) is 45.2 Å². The molecule has 2 aliphatic carbocycles. The quantitative estimate of drug-likeness (QED) is 0.868. The summed E-state index contributed by atoms with van der Waals surface area (Å²) in [5.41, 5.74) is 0. The molecule has 1 heterocycles. The van der Waals surface area contributed by atoms with Gasteiger partial charge in [0.05, 0.1) is 6.04 Å². The second-order valence-electron chi connectivity index (χ2n) is 6.76. The lowest BCUT2D eigenvalue weighted by Crippen LogP contribution is -2.49. The highest BCUT2D eigenvalue weighted by molar-refractivity contribution is 7.09. The summed E-state index contributed by atoms with van der Waals surface area (Å²) in [6, 6.07) is 0.941. The van der Waals surface area contributed by atoms with Gasteiger partial charge in [-0.1, -0.05) is 13.8 Å². The van der Waals surface area contributed by atoms with Gasteiger partial charge in [-0.05, 0) is 44.4 Å². The first-order chi connectivity index (χ1) is 10.1. The molecule has 1 aromatic rings. The van der Waals surface area contributed by atoms with Gasteiger partial charge in [-0.25, -0.2) is 9.78 Å². The first kappa shape index (κ1) is 14.8. The molecule has 2 saturated carbocycles. The minimum Gasteiger partial charge on any atom is -0.328 e. The normalized spacial score (nSPS) is 21.1. The fraction of sp³-hybridized carbons (Fsp3) is 0.750. The Kier molecular flexibility index (Phi) is 4.20. The SMILES string of the molecule is CC(C)[C@@H](C)N(C(=O)N[C@H](c1nccs1)C1CC1)C1CC1. The minimum absolute atomic E-state index is 0.103. The van der Waals surface area contributed by atoms with Crippen LogP contribution in [0.1, 0.15) is 57.5 Å². The Morgan fingerprint density at radius 1 is 1.33 bits per heavy atom. The summed E-state index contributed by atoms with van der Waals surface area (Å²) in [5.74, 6) is 1.06. The number of carbonyl (C=O) groups is 1. The average Bonchev–Trinajstić information content (AvgIpc) is 3.36. The number of urea groups is 1. The average molecular weight is 307 g/mol. The summed E-state index contributed by atoms with van der Waals surface area (Å²) in [6.07, 6.45) is 6.53. The minimum atomic E-state index is 0.103. The van der Waals surface area contributed by atoms with E-state index in [2.05, 4.69) is 36.0 Å². The fourth-order valence-electron chi connectivity index (χ4n) is 2.76. The highest BCUT2D eigenvalue weighted by Gasteiger charge is 2.40. The zero-order valence-corrected chi connectivity index (χ0v) is 13.9. The fourth-order valence-corrected chi connectivity index (χ4v) is 3.54. The van der Waals surface area contributed by atoms with Crippen LogP contribution in [0, 0.1) is 11.8 Å². The maximum atomic E-state index is 12.8. The molecule has 1 aromatic heterocycles. The van der Waals surface area contributed by atoms with E-state index in [-0.39, 0.29) is 18.1 Å². The molecular formula is C16H25N3OS. The molecule has 4 nitrogen and oxygen atoms in total.